The van der Waals surface area contributed by atoms with E-state index in [1.807, 2.05) is 7.05 Å². The number of amides is 1. The van der Waals surface area contributed by atoms with Gasteiger partial charge in [0.15, 0.2) is 0 Å². The number of aromatic amines is 1. The minimum absolute atomic E-state index is 0.0100. The molecule has 0 spiro atoms. The van der Waals surface area contributed by atoms with Crippen LogP contribution in [0.5, 0.6) is 5.75 Å². The van der Waals surface area contributed by atoms with E-state index in [0.717, 1.165) is 25.6 Å². The number of aliphatic imine (C=N–C) groups is 1. The number of carbonyl (C=O) groups is 1. The second-order valence-electron chi connectivity index (χ2n) is 8.72. The molecule has 2 aromatic heterocycles. The molecule has 2 aliphatic rings. The Bertz CT molecular complexity index is 1420. The molecular formula is C24H25F2N9O2. The van der Waals surface area contributed by atoms with Gasteiger partial charge >= 0.3 is 6.61 Å². The first-order valence-corrected chi connectivity index (χ1v) is 11.6. The number of ether oxygens (including phenoxy) is 1. The van der Waals surface area contributed by atoms with Crippen molar-refractivity contribution < 1.29 is 18.3 Å². The summed E-state index contributed by atoms with van der Waals surface area (Å²) in [5.41, 5.74) is 1.31. The molecule has 0 radical (unpaired) electrons. The van der Waals surface area contributed by atoms with Gasteiger partial charge in [-0.2, -0.15) is 19.0 Å². The van der Waals surface area contributed by atoms with Gasteiger partial charge < -0.3 is 25.7 Å². The Morgan fingerprint density at radius 2 is 2.27 bits per heavy atom. The van der Waals surface area contributed by atoms with Crippen LogP contribution >= 0.6 is 0 Å². The Hall–Kier alpha value is -4.39. The second kappa shape index (κ2) is 10.3. The Kier molecular flexibility index (Phi) is 6.77. The third-order valence-electron chi connectivity index (χ3n) is 6.34. The molecule has 0 unspecified atom stereocenters. The summed E-state index contributed by atoms with van der Waals surface area (Å²) in [6, 6.07) is 3.31. The normalized spacial score (nSPS) is 18.9. The molecule has 4 heterocycles. The zero-order valence-corrected chi connectivity index (χ0v) is 19.9. The summed E-state index contributed by atoms with van der Waals surface area (Å²) in [4.78, 5) is 19.5. The lowest BCUT2D eigenvalue weighted by Crippen LogP contribution is -2.29. The molecule has 1 amide bonds. The number of anilines is 1. The maximum absolute atomic E-state index is 13.3. The van der Waals surface area contributed by atoms with Crippen LogP contribution in [-0.4, -0.2) is 69.5 Å². The van der Waals surface area contributed by atoms with Crippen LogP contribution in [0.3, 0.4) is 0 Å². The molecule has 37 heavy (non-hydrogen) atoms. The van der Waals surface area contributed by atoms with Crippen molar-refractivity contribution in [1.29, 1.82) is 5.41 Å². The average molecular weight is 510 g/mol. The van der Waals surface area contributed by atoms with Crippen molar-refractivity contribution in [2.24, 2.45) is 4.99 Å². The van der Waals surface area contributed by atoms with Crippen molar-refractivity contribution in [3.8, 4) is 17.0 Å². The number of halogens is 2. The Balaban J connectivity index is 1.57. The fourth-order valence-electron chi connectivity index (χ4n) is 4.48. The van der Waals surface area contributed by atoms with Gasteiger partial charge in [-0.3, -0.25) is 14.6 Å². The highest BCUT2D eigenvalue weighted by molar-refractivity contribution is 6.18. The van der Waals surface area contributed by atoms with Crippen molar-refractivity contribution >= 4 is 34.9 Å². The van der Waals surface area contributed by atoms with E-state index >= 15 is 0 Å². The number of H-pyrrole nitrogens is 1. The SMILES string of the molecule is CN1CCC[C@H]1Cn1cc(NC(=O)/C(C=N)=C2\N=CC=CN2)c(-c2cc3cn[nH]c3cc2OC(F)F)n1. The van der Waals surface area contributed by atoms with Gasteiger partial charge in [-0.05, 0) is 38.6 Å². The van der Waals surface area contributed by atoms with E-state index in [2.05, 4.69) is 35.8 Å². The molecule has 1 fully saturated rings. The van der Waals surface area contributed by atoms with Crippen LogP contribution < -0.4 is 15.4 Å². The van der Waals surface area contributed by atoms with E-state index in [1.54, 1.807) is 35.4 Å². The topological polar surface area (TPSA) is 136 Å². The third kappa shape index (κ3) is 5.11. The van der Waals surface area contributed by atoms with Crippen molar-refractivity contribution in [2.75, 3.05) is 18.9 Å². The summed E-state index contributed by atoms with van der Waals surface area (Å²) in [6.07, 6.45) is 10.9. The standard InChI is InChI=1S/C24H25F2N9O2/c1-34-7-2-4-15(34)12-35-13-19(31-23(36)17(10-27)22-28-5-3-6-29-22)21(33-35)16-8-14-11-30-32-18(14)9-20(16)37-24(25)26/h3,5-6,8-11,13,15,24,27-28H,2,4,7,12H2,1H3,(H,30,32)(H,31,36)/b22-17-,27-10?/t15-/m0/s1. The number of benzene rings is 1. The summed E-state index contributed by atoms with van der Waals surface area (Å²) in [5, 5.41) is 25.4. The molecule has 2 aliphatic heterocycles. The molecule has 1 atom stereocenters. The van der Waals surface area contributed by atoms with Crippen LogP contribution in [0.15, 0.2) is 53.2 Å². The van der Waals surface area contributed by atoms with Crippen LogP contribution in [-0.2, 0) is 11.3 Å². The number of fused-ring (bicyclic) bond motifs is 1. The number of aromatic nitrogens is 4. The number of rotatable bonds is 8. The summed E-state index contributed by atoms with van der Waals surface area (Å²) in [6.45, 7) is -1.54. The van der Waals surface area contributed by atoms with E-state index in [1.165, 1.54) is 12.3 Å². The maximum Gasteiger partial charge on any atom is 0.387 e. The van der Waals surface area contributed by atoms with E-state index in [0.29, 0.717) is 17.4 Å². The van der Waals surface area contributed by atoms with Gasteiger partial charge in [0.1, 0.15) is 17.3 Å². The van der Waals surface area contributed by atoms with Gasteiger partial charge in [-0.1, -0.05) is 0 Å². The minimum atomic E-state index is -3.07. The molecule has 0 aliphatic carbocycles. The van der Waals surface area contributed by atoms with E-state index < -0.39 is 12.5 Å². The highest BCUT2D eigenvalue weighted by atomic mass is 19.3. The Morgan fingerprint density at radius 1 is 1.41 bits per heavy atom. The van der Waals surface area contributed by atoms with Crippen LogP contribution in [0.1, 0.15) is 12.8 Å². The molecule has 3 aromatic rings. The number of likely N-dealkylation sites (tertiary alicyclic amines) is 1. The van der Waals surface area contributed by atoms with E-state index in [-0.39, 0.29) is 40.1 Å². The second-order valence-corrected chi connectivity index (χ2v) is 8.72. The first-order valence-electron chi connectivity index (χ1n) is 11.6. The first-order chi connectivity index (χ1) is 17.9. The van der Waals surface area contributed by atoms with Crippen molar-refractivity contribution in [1.82, 2.24) is 30.2 Å². The lowest BCUT2D eigenvalue weighted by Gasteiger charge is -2.18. The fraction of sp³-hybridized carbons (Fsp3) is 0.292. The van der Waals surface area contributed by atoms with Crippen LogP contribution in [0, 0.1) is 5.41 Å². The zero-order chi connectivity index (χ0) is 25.9. The molecular weight excluding hydrogens is 484 g/mol. The molecule has 192 valence electrons. The summed E-state index contributed by atoms with van der Waals surface area (Å²) in [7, 11) is 2.04. The zero-order valence-electron chi connectivity index (χ0n) is 19.9. The summed E-state index contributed by atoms with van der Waals surface area (Å²) >= 11 is 0. The van der Waals surface area contributed by atoms with Crippen molar-refractivity contribution in [2.45, 2.75) is 32.0 Å². The lowest BCUT2D eigenvalue weighted by molar-refractivity contribution is -0.112. The predicted octanol–water partition coefficient (Wildman–Crippen LogP) is 3.11. The quantitative estimate of drug-likeness (QED) is 0.272. The fourth-order valence-corrected chi connectivity index (χ4v) is 4.48. The average Bonchev–Trinajstić information content (AvgIpc) is 3.60. The maximum atomic E-state index is 13.3. The number of alkyl halides is 2. The smallest absolute Gasteiger partial charge is 0.387 e. The van der Waals surface area contributed by atoms with E-state index in [9.17, 15) is 13.6 Å². The van der Waals surface area contributed by atoms with Crippen molar-refractivity contribution in [3.63, 3.8) is 0 Å². The number of carbonyl (C=O) groups excluding carboxylic acids is 1. The van der Waals surface area contributed by atoms with Gasteiger partial charge in [-0.25, -0.2) is 4.99 Å². The van der Waals surface area contributed by atoms with Gasteiger partial charge in [-0.15, -0.1) is 0 Å². The number of nitrogens with zero attached hydrogens (tertiary/aromatic N) is 5. The number of hydrogen-bond donors (Lipinski definition) is 4. The molecule has 13 heteroatoms. The molecule has 4 N–H and O–H groups in total. The Morgan fingerprint density at radius 3 is 2.97 bits per heavy atom. The third-order valence-corrected chi connectivity index (χ3v) is 6.34. The number of nitrogens with one attached hydrogen (secondary N) is 4. The molecule has 11 nitrogen and oxygen atoms in total. The molecule has 1 saturated heterocycles. The molecule has 0 bridgehead atoms. The first kappa shape index (κ1) is 24.3. The molecule has 0 saturated carbocycles. The lowest BCUT2D eigenvalue weighted by atomic mass is 10.1. The summed E-state index contributed by atoms with van der Waals surface area (Å²) < 4.78 is 33.2. The minimum Gasteiger partial charge on any atom is -0.434 e. The van der Waals surface area contributed by atoms with Gasteiger partial charge in [0.05, 0.1) is 29.5 Å². The van der Waals surface area contributed by atoms with Crippen LogP contribution in [0.4, 0.5) is 14.5 Å². The number of allylic oxidation sites excluding steroid dienone is 1. The number of hydrogen-bond acceptors (Lipinski definition) is 8. The highest BCUT2D eigenvalue weighted by Gasteiger charge is 2.25. The highest BCUT2D eigenvalue weighted by Crippen LogP contribution is 2.38. The predicted molar refractivity (Wildman–Crippen MR) is 135 cm³/mol. The number of likely N-dealkylation sites (N-methyl/N-ethyl adjacent to an activating group) is 1. The van der Waals surface area contributed by atoms with Gasteiger partial charge in [0, 0.05) is 47.9 Å². The van der Waals surface area contributed by atoms with Crippen LogP contribution in [0.2, 0.25) is 0 Å². The van der Waals surface area contributed by atoms with Gasteiger partial charge in [0.25, 0.3) is 5.91 Å². The van der Waals surface area contributed by atoms with E-state index in [4.69, 9.17) is 10.1 Å². The van der Waals surface area contributed by atoms with Gasteiger partial charge in [0.2, 0.25) is 0 Å². The van der Waals surface area contributed by atoms with Crippen molar-refractivity contribution in [3.05, 3.63) is 48.2 Å². The monoisotopic (exact) mass is 509 g/mol. The van der Waals surface area contributed by atoms with Crippen LogP contribution in [0.25, 0.3) is 22.2 Å². The molecule has 5 rings (SSSR count). The largest absolute Gasteiger partial charge is 0.434 e. The summed E-state index contributed by atoms with van der Waals surface area (Å²) in [5.74, 6) is -0.512. The molecule has 1 aromatic carbocycles. The Labute approximate surface area is 210 Å².